The lowest BCUT2D eigenvalue weighted by atomic mass is 9.98. The monoisotopic (exact) mass is 374 g/mol. The Kier molecular flexibility index (Phi) is 6.81. The minimum Gasteiger partial charge on any atom is -0.507 e. The Morgan fingerprint density at radius 1 is 1.07 bits per heavy atom. The molecule has 0 saturated carbocycles. The molecule has 2 aromatic carbocycles. The lowest BCUT2D eigenvalue weighted by Gasteiger charge is -2.18. The van der Waals surface area contributed by atoms with Crippen molar-refractivity contribution in [1.82, 2.24) is 0 Å². The second kappa shape index (κ2) is 9.07. The van der Waals surface area contributed by atoms with Crippen LogP contribution in [-0.4, -0.2) is 37.2 Å². The molecule has 144 valence electrons. The van der Waals surface area contributed by atoms with E-state index in [1.807, 2.05) is 0 Å². The fraction of sp³-hybridized carbons (Fsp3) is 0.250. The summed E-state index contributed by atoms with van der Waals surface area (Å²) in [6.45, 7) is 3.40. The van der Waals surface area contributed by atoms with E-state index in [1.165, 1.54) is 20.3 Å². The third kappa shape index (κ3) is 4.39. The number of aromatic hydroxyl groups is 1. The molecule has 27 heavy (non-hydrogen) atoms. The molecule has 2 aromatic rings. The third-order valence-electron chi connectivity index (χ3n) is 4.03. The summed E-state index contributed by atoms with van der Waals surface area (Å²) in [6, 6.07) is 6.45. The summed E-state index contributed by atoms with van der Waals surface area (Å²) in [7, 11) is 2.91. The predicted molar refractivity (Wildman–Crippen MR) is 99.7 cm³/mol. The van der Waals surface area contributed by atoms with Crippen LogP contribution in [0.4, 0.5) is 0 Å². The van der Waals surface area contributed by atoms with E-state index in [0.717, 1.165) is 5.56 Å². The number of ether oxygens (including phenoxy) is 3. The smallest absolute Gasteiger partial charge is 0.193 e. The van der Waals surface area contributed by atoms with E-state index in [-0.39, 0.29) is 29.6 Å². The Bertz CT molecular complexity index is 839. The van der Waals surface area contributed by atoms with Crippen molar-refractivity contribution >= 4 is 11.9 Å². The maximum absolute atomic E-state index is 12.7. The number of allylic oxidation sites excluding steroid dienone is 1. The van der Waals surface area contributed by atoms with Gasteiger partial charge in [-0.3, -0.25) is 4.79 Å². The standard InChI is InChI=1S/C20H22O7/c1-12-18(22)17(20(25-4)13(2)19(12)26-11-24-3)16(21)10-7-14-5-8-15(27-23)9-6-14/h5-10,22-23H,11H2,1-4H3/b10-7+. The Labute approximate surface area is 157 Å². The van der Waals surface area contributed by atoms with Gasteiger partial charge in [-0.15, -0.1) is 0 Å². The van der Waals surface area contributed by atoms with Crippen molar-refractivity contribution in [3.8, 4) is 23.0 Å². The van der Waals surface area contributed by atoms with Gasteiger partial charge < -0.3 is 24.2 Å². The lowest BCUT2D eigenvalue weighted by molar-refractivity contribution is -0.137. The summed E-state index contributed by atoms with van der Waals surface area (Å²) in [5.41, 5.74) is 1.79. The number of hydrogen-bond acceptors (Lipinski definition) is 7. The molecule has 7 heteroatoms. The highest BCUT2D eigenvalue weighted by molar-refractivity contribution is 6.11. The largest absolute Gasteiger partial charge is 0.507 e. The van der Waals surface area contributed by atoms with Gasteiger partial charge in [0.05, 0.1) is 7.11 Å². The summed E-state index contributed by atoms with van der Waals surface area (Å²) in [4.78, 5) is 16.8. The fourth-order valence-corrected chi connectivity index (χ4v) is 2.69. The van der Waals surface area contributed by atoms with Gasteiger partial charge in [0.1, 0.15) is 22.8 Å². The number of rotatable bonds is 8. The molecule has 0 saturated heterocycles. The van der Waals surface area contributed by atoms with Crippen LogP contribution in [0.15, 0.2) is 30.3 Å². The summed E-state index contributed by atoms with van der Waals surface area (Å²) in [5, 5.41) is 19.1. The molecule has 0 amide bonds. The molecule has 0 aliphatic carbocycles. The third-order valence-corrected chi connectivity index (χ3v) is 4.03. The van der Waals surface area contributed by atoms with E-state index in [4.69, 9.17) is 19.5 Å². The Hall–Kier alpha value is -3.03. The van der Waals surface area contributed by atoms with Gasteiger partial charge in [-0.1, -0.05) is 18.2 Å². The van der Waals surface area contributed by atoms with E-state index in [9.17, 15) is 9.90 Å². The Balaban J connectivity index is 2.40. The first-order valence-electron chi connectivity index (χ1n) is 8.10. The number of phenols is 1. The molecular formula is C20H22O7. The number of hydrogen-bond donors (Lipinski definition) is 2. The Morgan fingerprint density at radius 3 is 2.30 bits per heavy atom. The van der Waals surface area contributed by atoms with E-state index in [0.29, 0.717) is 16.9 Å². The van der Waals surface area contributed by atoms with E-state index >= 15 is 0 Å². The molecule has 0 radical (unpaired) electrons. The molecule has 0 heterocycles. The SMILES string of the molecule is COCOc1c(C)c(O)c(C(=O)/C=C/c2ccc(OO)cc2)c(OC)c1C. The zero-order valence-electron chi connectivity index (χ0n) is 15.6. The van der Waals surface area contributed by atoms with Gasteiger partial charge in [-0.25, -0.2) is 5.26 Å². The molecule has 0 fully saturated rings. The maximum Gasteiger partial charge on any atom is 0.193 e. The van der Waals surface area contributed by atoms with Gasteiger partial charge in [0, 0.05) is 18.2 Å². The van der Waals surface area contributed by atoms with Gasteiger partial charge in [-0.05, 0) is 37.6 Å². The molecule has 0 spiro atoms. The summed E-state index contributed by atoms with van der Waals surface area (Å²) < 4.78 is 15.8. The molecule has 0 atom stereocenters. The van der Waals surface area contributed by atoms with E-state index in [1.54, 1.807) is 44.2 Å². The zero-order chi connectivity index (χ0) is 20.0. The van der Waals surface area contributed by atoms with Crippen molar-refractivity contribution in [3.63, 3.8) is 0 Å². The lowest BCUT2D eigenvalue weighted by Crippen LogP contribution is -2.08. The first-order chi connectivity index (χ1) is 12.9. The Morgan fingerprint density at radius 2 is 1.74 bits per heavy atom. The van der Waals surface area contributed by atoms with Gasteiger partial charge in [0.2, 0.25) is 0 Å². The highest BCUT2D eigenvalue weighted by Crippen LogP contribution is 2.42. The normalized spacial score (nSPS) is 10.9. The first-order valence-corrected chi connectivity index (χ1v) is 8.10. The number of carbonyl (C=O) groups is 1. The fourth-order valence-electron chi connectivity index (χ4n) is 2.69. The molecule has 0 unspecified atom stereocenters. The molecular weight excluding hydrogens is 352 g/mol. The summed E-state index contributed by atoms with van der Waals surface area (Å²) in [6.07, 6.45) is 2.92. The molecule has 2 N–H and O–H groups in total. The van der Waals surface area contributed by atoms with Crippen molar-refractivity contribution in [3.05, 3.63) is 52.6 Å². The topological polar surface area (TPSA) is 94.5 Å². The van der Waals surface area contributed by atoms with Gasteiger partial charge in [-0.2, -0.15) is 0 Å². The summed E-state index contributed by atoms with van der Waals surface area (Å²) >= 11 is 0. The van der Waals surface area contributed by atoms with Crippen LogP contribution in [0, 0.1) is 13.8 Å². The highest BCUT2D eigenvalue weighted by Gasteiger charge is 2.24. The van der Waals surface area contributed by atoms with Crippen LogP contribution >= 0.6 is 0 Å². The minimum absolute atomic E-state index is 0.00498. The maximum atomic E-state index is 12.7. The van der Waals surface area contributed by atoms with Crippen LogP contribution in [0.5, 0.6) is 23.0 Å². The highest BCUT2D eigenvalue weighted by atomic mass is 17.1. The minimum atomic E-state index is -0.420. The van der Waals surface area contributed by atoms with Crippen molar-refractivity contribution in [2.24, 2.45) is 0 Å². The van der Waals surface area contributed by atoms with E-state index in [2.05, 4.69) is 4.89 Å². The molecule has 7 nitrogen and oxygen atoms in total. The van der Waals surface area contributed by atoms with Crippen molar-refractivity contribution in [2.75, 3.05) is 21.0 Å². The second-order valence-corrected chi connectivity index (χ2v) is 5.74. The molecule has 0 aliphatic heterocycles. The predicted octanol–water partition coefficient (Wildman–Crippen LogP) is 3.75. The van der Waals surface area contributed by atoms with Crippen LogP contribution in [0.2, 0.25) is 0 Å². The first kappa shape index (κ1) is 20.3. The second-order valence-electron chi connectivity index (χ2n) is 5.74. The molecule has 0 aromatic heterocycles. The van der Waals surface area contributed by atoms with Crippen LogP contribution in [0.3, 0.4) is 0 Å². The molecule has 0 aliphatic rings. The zero-order valence-corrected chi connectivity index (χ0v) is 15.6. The molecule has 2 rings (SSSR count). The van der Waals surface area contributed by atoms with Crippen LogP contribution < -0.4 is 14.4 Å². The van der Waals surface area contributed by atoms with Gasteiger partial charge >= 0.3 is 0 Å². The van der Waals surface area contributed by atoms with Crippen molar-refractivity contribution < 1.29 is 34.3 Å². The van der Waals surface area contributed by atoms with Crippen molar-refractivity contribution in [1.29, 1.82) is 0 Å². The number of methoxy groups -OCH3 is 2. The number of phenolic OH excluding ortho intramolecular Hbond substituents is 1. The molecule has 0 bridgehead atoms. The number of ketones is 1. The van der Waals surface area contributed by atoms with Crippen LogP contribution in [0.25, 0.3) is 6.08 Å². The van der Waals surface area contributed by atoms with Crippen LogP contribution in [0.1, 0.15) is 27.0 Å². The number of carbonyl (C=O) groups excluding carboxylic acids is 1. The van der Waals surface area contributed by atoms with Crippen molar-refractivity contribution in [2.45, 2.75) is 13.8 Å². The average molecular weight is 374 g/mol. The summed E-state index contributed by atoms with van der Waals surface area (Å²) in [5.74, 6) is 0.309. The average Bonchev–Trinajstić information content (AvgIpc) is 2.69. The quantitative estimate of drug-likeness (QED) is 0.239. The number of benzene rings is 2. The van der Waals surface area contributed by atoms with E-state index < -0.39 is 5.78 Å². The van der Waals surface area contributed by atoms with Gasteiger partial charge in [0.15, 0.2) is 18.3 Å². The van der Waals surface area contributed by atoms with Crippen LogP contribution in [-0.2, 0) is 4.74 Å². The van der Waals surface area contributed by atoms with Gasteiger partial charge in [0.25, 0.3) is 0 Å².